The Kier molecular flexibility index (Phi) is 5.76. The minimum Gasteiger partial charge on any atom is -0.337 e. The second-order valence-corrected chi connectivity index (χ2v) is 5.46. The van der Waals surface area contributed by atoms with Crippen molar-refractivity contribution >= 4 is 23.5 Å². The number of halogens is 1. The summed E-state index contributed by atoms with van der Waals surface area (Å²) in [6.45, 7) is 6.60. The van der Waals surface area contributed by atoms with Gasteiger partial charge in [0.2, 0.25) is 0 Å². The summed E-state index contributed by atoms with van der Waals surface area (Å²) in [6, 6.07) is -1.13. The fraction of sp³-hybridized carbons (Fsp3) is 0.312. The summed E-state index contributed by atoms with van der Waals surface area (Å²) in [6.07, 6.45) is 10.9. The molecule has 23 heavy (non-hydrogen) atoms. The number of urea groups is 1. The van der Waals surface area contributed by atoms with Crippen LogP contribution in [-0.4, -0.2) is 39.0 Å². The average Bonchev–Trinajstić information content (AvgIpc) is 3.13. The zero-order valence-electron chi connectivity index (χ0n) is 12.9. The number of allylic oxidation sites excluding steroid dienone is 3. The highest BCUT2D eigenvalue weighted by atomic mass is 35.5. The van der Waals surface area contributed by atoms with Crippen LogP contribution >= 0.6 is 11.6 Å². The molecule has 1 aromatic rings. The number of amides is 3. The quantitative estimate of drug-likeness (QED) is 0.615. The first-order chi connectivity index (χ1) is 11.1. The van der Waals surface area contributed by atoms with Crippen LogP contribution in [0.3, 0.4) is 0 Å². The smallest absolute Gasteiger partial charge is 0.325 e. The van der Waals surface area contributed by atoms with Crippen molar-refractivity contribution in [2.45, 2.75) is 25.9 Å². The molecule has 122 valence electrons. The minimum absolute atomic E-state index is 0.359. The Morgan fingerprint density at radius 1 is 1.48 bits per heavy atom. The van der Waals surface area contributed by atoms with Crippen molar-refractivity contribution in [1.82, 2.24) is 19.8 Å². The number of hydrogen-bond acceptors (Lipinski definition) is 3. The summed E-state index contributed by atoms with van der Waals surface area (Å²) in [5.41, 5.74) is 0.565. The zero-order valence-corrected chi connectivity index (χ0v) is 13.7. The van der Waals surface area contributed by atoms with E-state index in [2.05, 4.69) is 16.9 Å². The standard InChI is InChI=1S/C16H19ClN4O2/c1-3-6-12(13(17)4-2)14-15(22)19-16(23)21(14)9-5-8-20-10-7-18-11-20/h3-4,6-7,10-11,14H,2,5,8-9H2,1H3,(H,19,22,23)/b6-3-,13-12-. The van der Waals surface area contributed by atoms with Crippen LogP contribution in [0, 0.1) is 0 Å². The van der Waals surface area contributed by atoms with Gasteiger partial charge in [-0.3, -0.25) is 10.1 Å². The molecule has 1 aliphatic heterocycles. The number of rotatable bonds is 7. The van der Waals surface area contributed by atoms with E-state index in [0.29, 0.717) is 30.1 Å². The van der Waals surface area contributed by atoms with Crippen molar-refractivity contribution in [3.8, 4) is 0 Å². The summed E-state index contributed by atoms with van der Waals surface area (Å²) in [4.78, 5) is 29.7. The average molecular weight is 335 g/mol. The van der Waals surface area contributed by atoms with Gasteiger partial charge in [0.05, 0.1) is 6.33 Å². The number of aromatic nitrogens is 2. The van der Waals surface area contributed by atoms with E-state index in [0.717, 1.165) is 0 Å². The summed E-state index contributed by atoms with van der Waals surface area (Å²) < 4.78 is 1.92. The van der Waals surface area contributed by atoms with Crippen molar-refractivity contribution in [2.24, 2.45) is 0 Å². The molecule has 1 aliphatic rings. The molecule has 0 aliphatic carbocycles. The van der Waals surface area contributed by atoms with E-state index in [4.69, 9.17) is 11.6 Å². The Hall–Kier alpha value is -2.34. The van der Waals surface area contributed by atoms with Gasteiger partial charge in [0.1, 0.15) is 6.04 Å². The van der Waals surface area contributed by atoms with Gasteiger partial charge in [-0.2, -0.15) is 0 Å². The predicted molar refractivity (Wildman–Crippen MR) is 88.8 cm³/mol. The van der Waals surface area contributed by atoms with Gasteiger partial charge >= 0.3 is 6.03 Å². The van der Waals surface area contributed by atoms with Gasteiger partial charge in [-0.1, -0.05) is 36.4 Å². The van der Waals surface area contributed by atoms with Crippen molar-refractivity contribution in [3.63, 3.8) is 0 Å². The number of carbonyl (C=O) groups is 2. The first-order valence-electron chi connectivity index (χ1n) is 7.30. The van der Waals surface area contributed by atoms with Crippen molar-refractivity contribution < 1.29 is 9.59 Å². The summed E-state index contributed by atoms with van der Waals surface area (Å²) >= 11 is 6.16. The van der Waals surface area contributed by atoms with Crippen LogP contribution in [0.5, 0.6) is 0 Å². The van der Waals surface area contributed by atoms with Gasteiger partial charge in [-0.25, -0.2) is 9.78 Å². The molecule has 0 aromatic carbocycles. The molecule has 1 saturated heterocycles. The molecular weight excluding hydrogens is 316 g/mol. The Morgan fingerprint density at radius 3 is 2.87 bits per heavy atom. The molecule has 0 saturated carbocycles. The van der Waals surface area contributed by atoms with Crippen molar-refractivity contribution in [2.75, 3.05) is 6.54 Å². The largest absolute Gasteiger partial charge is 0.337 e. The highest BCUT2D eigenvalue weighted by molar-refractivity contribution is 6.32. The van der Waals surface area contributed by atoms with Crippen LogP contribution in [0.2, 0.25) is 0 Å². The normalized spacial score (nSPS) is 19.2. The number of carbonyl (C=O) groups excluding carboxylic acids is 2. The second-order valence-electron chi connectivity index (χ2n) is 5.05. The van der Waals surface area contributed by atoms with Gasteiger partial charge < -0.3 is 9.47 Å². The van der Waals surface area contributed by atoms with Gasteiger partial charge in [0.15, 0.2) is 0 Å². The molecule has 1 atom stereocenters. The van der Waals surface area contributed by atoms with Crippen LogP contribution in [0.15, 0.2) is 54.1 Å². The highest BCUT2D eigenvalue weighted by Crippen LogP contribution is 2.24. The molecule has 0 bridgehead atoms. The van der Waals surface area contributed by atoms with Gasteiger partial charge in [-0.15, -0.1) is 0 Å². The van der Waals surface area contributed by atoms with Crippen molar-refractivity contribution in [3.05, 3.63) is 54.1 Å². The molecule has 3 amide bonds. The lowest BCUT2D eigenvalue weighted by Gasteiger charge is -2.23. The number of nitrogens with zero attached hydrogens (tertiary/aromatic N) is 3. The monoisotopic (exact) mass is 334 g/mol. The van der Waals surface area contributed by atoms with Crippen LogP contribution in [0.25, 0.3) is 0 Å². The molecule has 1 aromatic heterocycles. The van der Waals surface area contributed by atoms with Gasteiger partial charge in [0, 0.05) is 36.1 Å². The molecule has 1 N–H and O–H groups in total. The van der Waals surface area contributed by atoms with Crippen molar-refractivity contribution in [1.29, 1.82) is 0 Å². The third kappa shape index (κ3) is 3.90. The Labute approximate surface area is 140 Å². The maximum Gasteiger partial charge on any atom is 0.325 e. The molecule has 0 spiro atoms. The zero-order chi connectivity index (χ0) is 16.8. The third-order valence-electron chi connectivity index (χ3n) is 3.52. The molecule has 2 heterocycles. The number of imidazole rings is 1. The number of nitrogens with one attached hydrogen (secondary N) is 1. The van der Waals surface area contributed by atoms with Crippen LogP contribution in [0.1, 0.15) is 13.3 Å². The predicted octanol–water partition coefficient (Wildman–Crippen LogP) is 2.45. The van der Waals surface area contributed by atoms with E-state index in [1.54, 1.807) is 24.7 Å². The van der Waals surface area contributed by atoms with E-state index >= 15 is 0 Å². The number of imide groups is 1. The van der Waals surface area contributed by atoms with E-state index in [1.165, 1.54) is 11.0 Å². The molecule has 1 unspecified atom stereocenters. The fourth-order valence-electron chi connectivity index (χ4n) is 2.49. The van der Waals surface area contributed by atoms with E-state index in [1.807, 2.05) is 17.7 Å². The lowest BCUT2D eigenvalue weighted by molar-refractivity contribution is -0.120. The molecule has 1 fully saturated rings. The van der Waals surface area contributed by atoms with Gasteiger partial charge in [0.25, 0.3) is 5.91 Å². The highest BCUT2D eigenvalue weighted by Gasteiger charge is 2.40. The minimum atomic E-state index is -0.730. The molecule has 2 rings (SSSR count). The van der Waals surface area contributed by atoms with E-state index < -0.39 is 12.1 Å². The first-order valence-corrected chi connectivity index (χ1v) is 7.68. The summed E-state index contributed by atoms with van der Waals surface area (Å²) in [5, 5.41) is 2.71. The topological polar surface area (TPSA) is 67.2 Å². The maximum atomic E-state index is 12.2. The lowest BCUT2D eigenvalue weighted by atomic mass is 10.0. The lowest BCUT2D eigenvalue weighted by Crippen LogP contribution is -2.37. The Morgan fingerprint density at radius 2 is 2.26 bits per heavy atom. The van der Waals surface area contributed by atoms with E-state index in [-0.39, 0.29) is 5.91 Å². The third-order valence-corrected chi connectivity index (χ3v) is 3.89. The fourth-order valence-corrected chi connectivity index (χ4v) is 2.65. The Balaban J connectivity index is 2.16. The molecule has 6 nitrogen and oxygen atoms in total. The number of hydrogen-bond donors (Lipinski definition) is 1. The second kappa shape index (κ2) is 7.78. The molecular formula is C16H19ClN4O2. The number of aryl methyl sites for hydroxylation is 1. The van der Waals surface area contributed by atoms with Crippen LogP contribution in [-0.2, 0) is 11.3 Å². The molecule has 0 radical (unpaired) electrons. The maximum absolute atomic E-state index is 12.2. The SMILES string of the molecule is C=C/C(Cl)=C(\C=C/C)C1C(=O)NC(=O)N1CCCn1ccnc1. The van der Waals surface area contributed by atoms with Crippen LogP contribution < -0.4 is 5.32 Å². The first kappa shape index (κ1) is 17.0. The van der Waals surface area contributed by atoms with E-state index in [9.17, 15) is 9.59 Å². The Bertz CT molecular complexity index is 649. The molecule has 7 heteroatoms. The summed E-state index contributed by atoms with van der Waals surface area (Å²) in [5.74, 6) is -0.370. The van der Waals surface area contributed by atoms with Crippen LogP contribution in [0.4, 0.5) is 4.79 Å². The van der Waals surface area contributed by atoms with Gasteiger partial charge in [-0.05, 0) is 13.3 Å². The summed E-state index contributed by atoms with van der Waals surface area (Å²) in [7, 11) is 0.